The number of nitrogens with zero attached hydrogens (tertiary/aromatic N) is 2. The van der Waals surface area contributed by atoms with E-state index in [4.69, 9.17) is 21.1 Å². The maximum absolute atomic E-state index is 13.0. The van der Waals surface area contributed by atoms with Gasteiger partial charge in [0.15, 0.2) is 11.5 Å². The molecule has 1 aliphatic carbocycles. The van der Waals surface area contributed by atoms with Crippen molar-refractivity contribution in [2.24, 2.45) is 0 Å². The smallest absolute Gasteiger partial charge is 0.257 e. The Labute approximate surface area is 180 Å². The highest BCUT2D eigenvalue weighted by molar-refractivity contribution is 6.32. The van der Waals surface area contributed by atoms with Crippen LogP contribution in [0.4, 0.5) is 5.82 Å². The normalized spacial score (nSPS) is 15.4. The lowest BCUT2D eigenvalue weighted by Crippen LogP contribution is -2.22. The van der Waals surface area contributed by atoms with E-state index in [2.05, 4.69) is 28.6 Å². The molecule has 30 heavy (non-hydrogen) atoms. The summed E-state index contributed by atoms with van der Waals surface area (Å²) >= 11 is 6.32. The Balaban J connectivity index is 1.61. The molecule has 2 aromatic carbocycles. The van der Waals surface area contributed by atoms with Gasteiger partial charge in [0.1, 0.15) is 5.82 Å². The summed E-state index contributed by atoms with van der Waals surface area (Å²) < 4.78 is 12.8. The zero-order valence-corrected chi connectivity index (χ0v) is 17.8. The highest BCUT2D eigenvalue weighted by Gasteiger charge is 2.24. The SMILES string of the molecule is CCOc1c(Cl)cc(C(=O)Nc2ccnn2C2CCCc3ccccc32)cc1OC. The molecule has 1 aromatic heterocycles. The van der Waals surface area contributed by atoms with Crippen LogP contribution >= 0.6 is 11.6 Å². The Bertz CT molecular complexity index is 1060. The molecule has 1 amide bonds. The molecule has 4 rings (SSSR count). The third kappa shape index (κ3) is 3.87. The van der Waals surface area contributed by atoms with Crippen LogP contribution in [0.15, 0.2) is 48.7 Å². The number of halogens is 1. The van der Waals surface area contributed by atoms with Gasteiger partial charge in [0.05, 0.1) is 31.0 Å². The van der Waals surface area contributed by atoms with Crippen LogP contribution < -0.4 is 14.8 Å². The van der Waals surface area contributed by atoms with E-state index in [0.717, 1.165) is 19.3 Å². The quantitative estimate of drug-likeness (QED) is 0.595. The number of carbonyl (C=O) groups excluding carboxylic acids is 1. The molecular formula is C23H24ClN3O3. The summed E-state index contributed by atoms with van der Waals surface area (Å²) in [5.74, 6) is 1.21. The van der Waals surface area contributed by atoms with Crippen molar-refractivity contribution in [1.29, 1.82) is 0 Å². The van der Waals surface area contributed by atoms with Crippen molar-refractivity contribution in [3.63, 3.8) is 0 Å². The number of aryl methyl sites for hydroxylation is 1. The average molecular weight is 426 g/mol. The highest BCUT2D eigenvalue weighted by atomic mass is 35.5. The fourth-order valence-electron chi connectivity index (χ4n) is 3.97. The number of rotatable bonds is 6. The summed E-state index contributed by atoms with van der Waals surface area (Å²) in [6.07, 6.45) is 4.84. The lowest BCUT2D eigenvalue weighted by molar-refractivity contribution is 0.102. The third-order valence-electron chi connectivity index (χ3n) is 5.33. The number of hydrogen-bond donors (Lipinski definition) is 1. The average Bonchev–Trinajstić information content (AvgIpc) is 3.22. The van der Waals surface area contributed by atoms with Crippen molar-refractivity contribution in [3.8, 4) is 11.5 Å². The van der Waals surface area contributed by atoms with E-state index in [0.29, 0.717) is 34.5 Å². The lowest BCUT2D eigenvalue weighted by Gasteiger charge is -2.27. The molecular weight excluding hydrogens is 402 g/mol. The second kappa shape index (κ2) is 8.79. The Morgan fingerprint density at radius 3 is 2.93 bits per heavy atom. The third-order valence-corrected chi connectivity index (χ3v) is 5.61. The summed E-state index contributed by atoms with van der Waals surface area (Å²) in [6.45, 7) is 2.31. The predicted molar refractivity (Wildman–Crippen MR) is 117 cm³/mol. The zero-order valence-electron chi connectivity index (χ0n) is 17.0. The van der Waals surface area contributed by atoms with Crippen molar-refractivity contribution in [3.05, 3.63) is 70.4 Å². The van der Waals surface area contributed by atoms with Crippen LogP contribution in [0, 0.1) is 0 Å². The van der Waals surface area contributed by atoms with Crippen LogP contribution in [0.2, 0.25) is 5.02 Å². The van der Waals surface area contributed by atoms with Gasteiger partial charge in [-0.3, -0.25) is 4.79 Å². The van der Waals surface area contributed by atoms with Gasteiger partial charge in [-0.25, -0.2) is 4.68 Å². The van der Waals surface area contributed by atoms with Crippen molar-refractivity contribution < 1.29 is 14.3 Å². The van der Waals surface area contributed by atoms with Crippen molar-refractivity contribution >= 4 is 23.3 Å². The molecule has 1 heterocycles. The van der Waals surface area contributed by atoms with Gasteiger partial charge in [-0.2, -0.15) is 5.10 Å². The molecule has 0 aliphatic heterocycles. The maximum Gasteiger partial charge on any atom is 0.257 e. The fraction of sp³-hybridized carbons (Fsp3) is 0.304. The van der Waals surface area contributed by atoms with Crippen LogP contribution in [0.5, 0.6) is 11.5 Å². The molecule has 0 bridgehead atoms. The van der Waals surface area contributed by atoms with Gasteiger partial charge in [0, 0.05) is 11.6 Å². The lowest BCUT2D eigenvalue weighted by atomic mass is 9.88. The van der Waals surface area contributed by atoms with Gasteiger partial charge in [0.25, 0.3) is 5.91 Å². The van der Waals surface area contributed by atoms with Crippen LogP contribution in [0.1, 0.15) is 47.3 Å². The summed E-state index contributed by atoms with van der Waals surface area (Å²) in [7, 11) is 1.52. The van der Waals surface area contributed by atoms with E-state index < -0.39 is 0 Å². The first-order valence-corrected chi connectivity index (χ1v) is 10.4. The molecule has 0 saturated heterocycles. The summed E-state index contributed by atoms with van der Waals surface area (Å²) in [5.41, 5.74) is 2.98. The Hall–Kier alpha value is -2.99. The first kappa shape index (κ1) is 20.3. The number of anilines is 1. The number of benzene rings is 2. The predicted octanol–water partition coefficient (Wildman–Crippen LogP) is 5.12. The van der Waals surface area contributed by atoms with Gasteiger partial charge in [-0.1, -0.05) is 35.9 Å². The Morgan fingerprint density at radius 1 is 1.30 bits per heavy atom. The molecule has 6 nitrogen and oxygen atoms in total. The fourth-order valence-corrected chi connectivity index (χ4v) is 4.23. The molecule has 1 unspecified atom stereocenters. The van der Waals surface area contributed by atoms with E-state index in [9.17, 15) is 4.79 Å². The molecule has 0 saturated carbocycles. The minimum atomic E-state index is -0.288. The molecule has 0 spiro atoms. The standard InChI is InChI=1S/C23H24ClN3O3/c1-3-30-22-18(24)13-16(14-20(22)29-2)23(28)26-21-11-12-25-27(21)19-10-6-8-15-7-4-5-9-17(15)19/h4-5,7,9,11-14,19H,3,6,8,10H2,1-2H3,(H,26,28). The zero-order chi connectivity index (χ0) is 21.1. The second-order valence-electron chi connectivity index (χ2n) is 7.14. The van der Waals surface area contributed by atoms with Crippen LogP contribution in [0.3, 0.4) is 0 Å². The van der Waals surface area contributed by atoms with Gasteiger partial charge >= 0.3 is 0 Å². The Kier molecular flexibility index (Phi) is 5.95. The van der Waals surface area contributed by atoms with E-state index >= 15 is 0 Å². The summed E-state index contributed by atoms with van der Waals surface area (Å²) in [4.78, 5) is 13.0. The van der Waals surface area contributed by atoms with Crippen molar-refractivity contribution in [1.82, 2.24) is 9.78 Å². The first-order valence-electron chi connectivity index (χ1n) is 10.0. The topological polar surface area (TPSA) is 65.4 Å². The number of methoxy groups -OCH3 is 1. The van der Waals surface area contributed by atoms with Gasteiger partial charge in [0.2, 0.25) is 0 Å². The van der Waals surface area contributed by atoms with Crippen molar-refractivity contribution in [2.75, 3.05) is 19.0 Å². The van der Waals surface area contributed by atoms with E-state index in [-0.39, 0.29) is 11.9 Å². The molecule has 156 valence electrons. The van der Waals surface area contributed by atoms with Crippen molar-refractivity contribution in [2.45, 2.75) is 32.2 Å². The number of amides is 1. The number of ether oxygens (including phenoxy) is 2. The molecule has 3 aromatic rings. The Morgan fingerprint density at radius 2 is 2.13 bits per heavy atom. The van der Waals surface area contributed by atoms with Gasteiger partial charge < -0.3 is 14.8 Å². The second-order valence-corrected chi connectivity index (χ2v) is 7.55. The van der Waals surface area contributed by atoms with E-state index in [1.54, 1.807) is 18.3 Å². The minimum absolute atomic E-state index is 0.0960. The molecule has 1 N–H and O–H groups in total. The van der Waals surface area contributed by atoms with Crippen LogP contribution in [0.25, 0.3) is 0 Å². The molecule has 7 heteroatoms. The number of fused-ring (bicyclic) bond motifs is 1. The van der Waals surface area contributed by atoms with Crippen LogP contribution in [-0.4, -0.2) is 29.4 Å². The first-order chi connectivity index (χ1) is 14.6. The highest BCUT2D eigenvalue weighted by Crippen LogP contribution is 2.37. The number of nitrogens with one attached hydrogen (secondary N) is 1. The molecule has 1 atom stereocenters. The number of hydrogen-bond acceptors (Lipinski definition) is 4. The largest absolute Gasteiger partial charge is 0.493 e. The van der Waals surface area contributed by atoms with Gasteiger partial charge in [-0.05, 0) is 49.4 Å². The minimum Gasteiger partial charge on any atom is -0.493 e. The van der Waals surface area contributed by atoms with E-state index in [1.165, 1.54) is 18.2 Å². The van der Waals surface area contributed by atoms with Gasteiger partial charge in [-0.15, -0.1) is 0 Å². The summed E-state index contributed by atoms with van der Waals surface area (Å²) in [5, 5.41) is 7.81. The monoisotopic (exact) mass is 425 g/mol. The number of aromatic nitrogens is 2. The van der Waals surface area contributed by atoms with Crippen LogP contribution in [-0.2, 0) is 6.42 Å². The van der Waals surface area contributed by atoms with E-state index in [1.807, 2.05) is 23.7 Å². The molecule has 0 fully saturated rings. The molecule has 1 aliphatic rings. The molecule has 0 radical (unpaired) electrons. The number of carbonyl (C=O) groups is 1. The maximum atomic E-state index is 13.0. The summed E-state index contributed by atoms with van der Waals surface area (Å²) in [6, 6.07) is 13.5.